The van der Waals surface area contributed by atoms with Gasteiger partial charge in [-0.15, -0.1) is 0 Å². The van der Waals surface area contributed by atoms with Crippen molar-refractivity contribution in [2.75, 3.05) is 0 Å². The fourth-order valence-corrected chi connectivity index (χ4v) is 2.11. The summed E-state index contributed by atoms with van der Waals surface area (Å²) < 4.78 is 5.23. The van der Waals surface area contributed by atoms with Crippen molar-refractivity contribution >= 4 is 28.9 Å². The van der Waals surface area contributed by atoms with Crippen LogP contribution in [0, 0.1) is 0 Å². The van der Waals surface area contributed by atoms with Crippen LogP contribution < -0.4 is 0 Å². The molecule has 0 spiro atoms. The number of benzene rings is 2. The van der Waals surface area contributed by atoms with Crippen molar-refractivity contribution in [3.05, 3.63) is 53.1 Å². The summed E-state index contributed by atoms with van der Waals surface area (Å²) in [4.78, 5) is 11.1. The number of carbonyl (C=O) groups excluding carboxylic acids is 1. The zero-order valence-electron chi connectivity index (χ0n) is 9.26. The van der Waals surface area contributed by atoms with E-state index in [2.05, 4.69) is 5.16 Å². The molecule has 18 heavy (non-hydrogen) atoms. The van der Waals surface area contributed by atoms with Gasteiger partial charge in [0.05, 0.1) is 0 Å². The molecule has 1 heterocycles. The maximum atomic E-state index is 11.1. The van der Waals surface area contributed by atoms with Gasteiger partial charge in [-0.05, 0) is 24.3 Å². The highest BCUT2D eigenvalue weighted by Crippen LogP contribution is 2.30. The average Bonchev–Trinajstić information content (AvgIpc) is 2.82. The smallest absolute Gasteiger partial charge is 0.167 e. The van der Waals surface area contributed by atoms with Crippen molar-refractivity contribution in [2.24, 2.45) is 0 Å². The molecule has 0 aliphatic heterocycles. The number of rotatable bonds is 2. The third-order valence-electron chi connectivity index (χ3n) is 2.77. The second kappa shape index (κ2) is 4.27. The van der Waals surface area contributed by atoms with Crippen molar-refractivity contribution in [1.29, 1.82) is 0 Å². The van der Waals surface area contributed by atoms with E-state index >= 15 is 0 Å². The number of hydrogen-bond donors (Lipinski definition) is 0. The van der Waals surface area contributed by atoms with Crippen LogP contribution in [0.2, 0.25) is 5.02 Å². The predicted octanol–water partition coefficient (Wildman–Crippen LogP) is 3.96. The van der Waals surface area contributed by atoms with Gasteiger partial charge in [-0.25, -0.2) is 0 Å². The Morgan fingerprint density at radius 3 is 2.83 bits per heavy atom. The Bertz CT molecular complexity index is 733. The van der Waals surface area contributed by atoms with Crippen molar-refractivity contribution in [1.82, 2.24) is 5.16 Å². The summed E-state index contributed by atoms with van der Waals surface area (Å²) >= 11 is 5.87. The first-order valence-corrected chi connectivity index (χ1v) is 5.77. The number of halogens is 1. The molecule has 0 amide bonds. The molecule has 0 aliphatic carbocycles. The molecule has 3 aromatic rings. The van der Waals surface area contributed by atoms with E-state index in [9.17, 15) is 4.79 Å². The Hall–Kier alpha value is -2.13. The van der Waals surface area contributed by atoms with Gasteiger partial charge in [0, 0.05) is 21.5 Å². The van der Waals surface area contributed by atoms with Gasteiger partial charge >= 0.3 is 0 Å². The van der Waals surface area contributed by atoms with Gasteiger partial charge in [-0.1, -0.05) is 35.0 Å². The Morgan fingerprint density at radius 2 is 2.00 bits per heavy atom. The zero-order valence-corrected chi connectivity index (χ0v) is 10.0. The summed E-state index contributed by atoms with van der Waals surface area (Å²) in [5, 5.41) is 5.43. The minimum atomic E-state index is 0.501. The molecule has 4 heteroatoms. The highest BCUT2D eigenvalue weighted by atomic mass is 35.5. The monoisotopic (exact) mass is 257 g/mol. The molecule has 0 fully saturated rings. The number of aldehydes is 1. The molecular weight excluding hydrogens is 250 g/mol. The molecule has 2 aromatic carbocycles. The summed E-state index contributed by atoms with van der Waals surface area (Å²) in [6, 6.07) is 12.6. The SMILES string of the molecule is O=Cc1cc(Cl)ccc1-c1noc2ccccc12. The molecule has 1 aromatic heterocycles. The molecule has 0 bridgehead atoms. The maximum Gasteiger partial charge on any atom is 0.167 e. The minimum Gasteiger partial charge on any atom is -0.356 e. The van der Waals surface area contributed by atoms with E-state index in [1.54, 1.807) is 18.2 Å². The number of carbonyl (C=O) groups is 1. The van der Waals surface area contributed by atoms with Crippen molar-refractivity contribution < 1.29 is 9.32 Å². The summed E-state index contributed by atoms with van der Waals surface area (Å²) in [6.07, 6.45) is 0.769. The Morgan fingerprint density at radius 1 is 1.17 bits per heavy atom. The second-order valence-electron chi connectivity index (χ2n) is 3.88. The highest BCUT2D eigenvalue weighted by molar-refractivity contribution is 6.31. The second-order valence-corrected chi connectivity index (χ2v) is 4.31. The number of fused-ring (bicyclic) bond motifs is 1. The van der Waals surface area contributed by atoms with Gasteiger partial charge in [0.2, 0.25) is 0 Å². The van der Waals surface area contributed by atoms with Crippen LogP contribution in [0.3, 0.4) is 0 Å². The molecule has 0 saturated carbocycles. The summed E-state index contributed by atoms with van der Waals surface area (Å²) in [5.74, 6) is 0. The number of para-hydroxylation sites is 1. The first-order valence-electron chi connectivity index (χ1n) is 5.39. The van der Waals surface area contributed by atoms with Crippen molar-refractivity contribution in [3.63, 3.8) is 0 Å². The lowest BCUT2D eigenvalue weighted by Crippen LogP contribution is -1.88. The lowest BCUT2D eigenvalue weighted by Gasteiger charge is -2.01. The molecule has 0 unspecified atom stereocenters. The normalized spacial score (nSPS) is 10.7. The fourth-order valence-electron chi connectivity index (χ4n) is 1.93. The van der Waals surface area contributed by atoms with E-state index in [-0.39, 0.29) is 0 Å². The van der Waals surface area contributed by atoms with Gasteiger partial charge in [0.25, 0.3) is 0 Å². The minimum absolute atomic E-state index is 0.501. The molecule has 0 radical (unpaired) electrons. The van der Waals surface area contributed by atoms with Crippen LogP contribution in [-0.4, -0.2) is 11.4 Å². The molecule has 0 atom stereocenters. The van der Waals surface area contributed by atoms with E-state index in [0.29, 0.717) is 21.9 Å². The first-order chi connectivity index (χ1) is 8.79. The van der Waals surface area contributed by atoms with E-state index in [0.717, 1.165) is 17.2 Å². The topological polar surface area (TPSA) is 43.1 Å². The lowest BCUT2D eigenvalue weighted by atomic mass is 10.0. The largest absolute Gasteiger partial charge is 0.356 e. The van der Waals surface area contributed by atoms with E-state index < -0.39 is 0 Å². The van der Waals surface area contributed by atoms with Gasteiger partial charge in [-0.3, -0.25) is 4.79 Å². The lowest BCUT2D eigenvalue weighted by molar-refractivity contribution is 0.112. The van der Waals surface area contributed by atoms with E-state index in [1.165, 1.54) is 0 Å². The van der Waals surface area contributed by atoms with Crippen LogP contribution in [0.25, 0.3) is 22.2 Å². The molecule has 3 nitrogen and oxygen atoms in total. The average molecular weight is 258 g/mol. The maximum absolute atomic E-state index is 11.1. The standard InChI is InChI=1S/C14H8ClNO2/c15-10-5-6-11(9(7-10)8-17)14-12-3-1-2-4-13(12)18-16-14/h1-8H. The molecule has 88 valence electrons. The van der Waals surface area contributed by atoms with E-state index in [1.807, 2.05) is 24.3 Å². The Balaban J connectivity index is 2.29. The third-order valence-corrected chi connectivity index (χ3v) is 3.01. The zero-order chi connectivity index (χ0) is 12.5. The van der Waals surface area contributed by atoms with Gasteiger partial charge in [0.15, 0.2) is 11.9 Å². The Kier molecular flexibility index (Phi) is 2.61. The molecular formula is C14H8ClNO2. The molecule has 0 N–H and O–H groups in total. The molecule has 0 aliphatic rings. The van der Waals surface area contributed by atoms with Crippen LogP contribution in [0.15, 0.2) is 47.0 Å². The number of aromatic nitrogens is 1. The summed E-state index contributed by atoms with van der Waals surface area (Å²) in [6.45, 7) is 0. The fraction of sp³-hybridized carbons (Fsp3) is 0. The van der Waals surface area contributed by atoms with Crippen molar-refractivity contribution in [3.8, 4) is 11.3 Å². The first kappa shape index (κ1) is 11.0. The van der Waals surface area contributed by atoms with Gasteiger partial charge < -0.3 is 4.52 Å². The molecule has 3 rings (SSSR count). The summed E-state index contributed by atoms with van der Waals surface area (Å²) in [7, 11) is 0. The van der Waals surface area contributed by atoms with Crippen LogP contribution in [0.1, 0.15) is 10.4 Å². The predicted molar refractivity (Wildman–Crippen MR) is 69.8 cm³/mol. The van der Waals surface area contributed by atoms with Gasteiger partial charge in [-0.2, -0.15) is 0 Å². The van der Waals surface area contributed by atoms with Crippen LogP contribution >= 0.6 is 11.6 Å². The number of nitrogens with zero attached hydrogens (tertiary/aromatic N) is 1. The molecule has 0 saturated heterocycles. The highest BCUT2D eigenvalue weighted by Gasteiger charge is 2.13. The van der Waals surface area contributed by atoms with E-state index in [4.69, 9.17) is 16.1 Å². The quantitative estimate of drug-likeness (QED) is 0.653. The van der Waals surface area contributed by atoms with Crippen molar-refractivity contribution in [2.45, 2.75) is 0 Å². The van der Waals surface area contributed by atoms with Crippen LogP contribution in [-0.2, 0) is 0 Å². The van der Waals surface area contributed by atoms with Gasteiger partial charge in [0.1, 0.15) is 5.69 Å². The Labute approximate surface area is 108 Å². The number of hydrogen-bond acceptors (Lipinski definition) is 3. The third kappa shape index (κ3) is 1.69. The summed E-state index contributed by atoms with van der Waals surface area (Å²) in [5.41, 5.74) is 2.57. The van der Waals surface area contributed by atoms with Crippen LogP contribution in [0.4, 0.5) is 0 Å². The van der Waals surface area contributed by atoms with Crippen LogP contribution in [0.5, 0.6) is 0 Å².